The number of benzene rings is 2. The van der Waals surface area contributed by atoms with Crippen molar-refractivity contribution < 1.29 is 36.3 Å². The lowest BCUT2D eigenvalue weighted by atomic mass is 10.1. The zero-order chi connectivity index (χ0) is 24.6. The number of alkyl halides is 3. The highest BCUT2D eigenvalue weighted by atomic mass is 32.2. The lowest BCUT2D eigenvalue weighted by molar-refractivity contribution is -0.192. The molecule has 1 heterocycles. The summed E-state index contributed by atoms with van der Waals surface area (Å²) in [6, 6.07) is 18.1. The van der Waals surface area contributed by atoms with Crippen LogP contribution < -0.4 is 10.0 Å². The first-order chi connectivity index (χ1) is 15.4. The molecule has 0 radical (unpaired) electrons. The Balaban J connectivity index is 0.000000479. The summed E-state index contributed by atoms with van der Waals surface area (Å²) in [5.74, 6) is -2.77. The molecule has 174 valence electrons. The van der Waals surface area contributed by atoms with Crippen molar-refractivity contribution in [3.05, 3.63) is 84.1 Å². The minimum Gasteiger partial charge on any atom is -0.475 e. The minimum atomic E-state index is -5.08. The molecule has 0 aliphatic heterocycles. The Bertz CT molecular complexity index is 1200. The topological polar surface area (TPSA) is 125 Å². The Hall–Kier alpha value is -3.93. The van der Waals surface area contributed by atoms with Gasteiger partial charge in [-0.25, -0.2) is 18.2 Å². The Labute approximate surface area is 187 Å². The number of nitrogens with zero attached hydrogens (tertiary/aromatic N) is 1. The van der Waals surface area contributed by atoms with Gasteiger partial charge in [0.05, 0.1) is 4.90 Å². The lowest BCUT2D eigenvalue weighted by Crippen LogP contribution is -2.21. The molecule has 0 spiro atoms. The first kappa shape index (κ1) is 25.3. The fourth-order valence-electron chi connectivity index (χ4n) is 2.25. The highest BCUT2D eigenvalue weighted by molar-refractivity contribution is 7.92. The number of anilines is 2. The SMILES string of the molecule is Cc1ccc(C(=O)Nc2ccc(S(=O)(=O)Nc3ccccn3)cc2)cc1.O=C(O)C(F)(F)F. The second-order valence-electron chi connectivity index (χ2n) is 6.47. The second-order valence-corrected chi connectivity index (χ2v) is 8.15. The lowest BCUT2D eigenvalue weighted by Gasteiger charge is -2.09. The van der Waals surface area contributed by atoms with Crippen molar-refractivity contribution >= 4 is 33.4 Å². The highest BCUT2D eigenvalue weighted by Crippen LogP contribution is 2.18. The smallest absolute Gasteiger partial charge is 0.475 e. The molecule has 0 unspecified atom stereocenters. The number of halogens is 3. The van der Waals surface area contributed by atoms with E-state index in [1.165, 1.54) is 18.3 Å². The number of carbonyl (C=O) groups excluding carboxylic acids is 1. The van der Waals surface area contributed by atoms with Gasteiger partial charge >= 0.3 is 12.1 Å². The van der Waals surface area contributed by atoms with Gasteiger partial charge in [-0.15, -0.1) is 0 Å². The standard InChI is InChI=1S/C19H17N3O3S.C2HF3O2/c1-14-5-7-15(8-6-14)19(23)21-16-9-11-17(12-10-16)26(24,25)22-18-4-2-3-13-20-18;3-2(4,5)1(6)7/h2-13H,1H3,(H,20,22)(H,21,23);(H,6,7). The van der Waals surface area contributed by atoms with E-state index in [2.05, 4.69) is 15.0 Å². The van der Waals surface area contributed by atoms with Crippen LogP contribution in [-0.2, 0) is 14.8 Å². The molecule has 2 aromatic carbocycles. The first-order valence-electron chi connectivity index (χ1n) is 9.10. The van der Waals surface area contributed by atoms with Crippen molar-refractivity contribution in [3.63, 3.8) is 0 Å². The number of hydrogen-bond acceptors (Lipinski definition) is 5. The number of carbonyl (C=O) groups is 2. The summed E-state index contributed by atoms with van der Waals surface area (Å²) in [5.41, 5.74) is 2.10. The van der Waals surface area contributed by atoms with Crippen molar-refractivity contribution in [1.82, 2.24) is 4.98 Å². The molecule has 8 nitrogen and oxygen atoms in total. The van der Waals surface area contributed by atoms with Crippen molar-refractivity contribution in [2.24, 2.45) is 0 Å². The summed E-state index contributed by atoms with van der Waals surface area (Å²) < 4.78 is 58.8. The van der Waals surface area contributed by atoms with Crippen LogP contribution in [0.3, 0.4) is 0 Å². The van der Waals surface area contributed by atoms with E-state index in [0.29, 0.717) is 11.3 Å². The number of rotatable bonds is 5. The van der Waals surface area contributed by atoms with Crippen LogP contribution in [0.1, 0.15) is 15.9 Å². The average Bonchev–Trinajstić information content (AvgIpc) is 2.75. The molecule has 0 saturated carbocycles. The molecule has 0 aliphatic rings. The van der Waals surface area contributed by atoms with Crippen molar-refractivity contribution in [2.45, 2.75) is 18.0 Å². The van der Waals surface area contributed by atoms with E-state index in [-0.39, 0.29) is 16.6 Å². The summed E-state index contributed by atoms with van der Waals surface area (Å²) in [4.78, 5) is 25.1. The van der Waals surface area contributed by atoms with Crippen LogP contribution in [-0.4, -0.2) is 36.6 Å². The van der Waals surface area contributed by atoms with Gasteiger partial charge in [0.1, 0.15) is 5.82 Å². The van der Waals surface area contributed by atoms with Crippen molar-refractivity contribution in [3.8, 4) is 0 Å². The average molecular weight is 481 g/mol. The first-order valence-corrected chi connectivity index (χ1v) is 10.6. The normalized spacial score (nSPS) is 11.0. The molecule has 3 rings (SSSR count). The molecule has 33 heavy (non-hydrogen) atoms. The summed E-state index contributed by atoms with van der Waals surface area (Å²) in [7, 11) is -3.74. The number of pyridine rings is 1. The molecule has 0 bridgehead atoms. The maximum atomic E-state index is 12.4. The predicted molar refractivity (Wildman–Crippen MR) is 114 cm³/mol. The van der Waals surface area contributed by atoms with Gasteiger partial charge < -0.3 is 10.4 Å². The van der Waals surface area contributed by atoms with E-state index in [4.69, 9.17) is 9.90 Å². The van der Waals surface area contributed by atoms with Crippen LogP contribution in [0.5, 0.6) is 0 Å². The van der Waals surface area contributed by atoms with E-state index in [9.17, 15) is 26.4 Å². The van der Waals surface area contributed by atoms with Crippen molar-refractivity contribution in [2.75, 3.05) is 10.0 Å². The fraction of sp³-hybridized carbons (Fsp3) is 0.0952. The third kappa shape index (κ3) is 7.92. The molecule has 3 N–H and O–H groups in total. The molecule has 12 heteroatoms. The Morgan fingerprint density at radius 1 is 0.939 bits per heavy atom. The van der Waals surface area contributed by atoms with Crippen LogP contribution >= 0.6 is 0 Å². The number of aliphatic carboxylic acids is 1. The zero-order valence-corrected chi connectivity index (χ0v) is 17.8. The number of carboxylic acid groups (broad SMARTS) is 1. The number of sulfonamides is 1. The second kappa shape index (κ2) is 10.6. The minimum absolute atomic E-state index is 0.0801. The van der Waals surface area contributed by atoms with Gasteiger partial charge in [0, 0.05) is 17.4 Å². The molecule has 0 fully saturated rings. The van der Waals surface area contributed by atoms with E-state index in [0.717, 1.165) is 5.56 Å². The third-order valence-corrected chi connectivity index (χ3v) is 5.25. The molecular formula is C21H18F3N3O5S. The molecular weight excluding hydrogens is 463 g/mol. The van der Waals surface area contributed by atoms with Crippen LogP contribution in [0.4, 0.5) is 24.7 Å². The van der Waals surface area contributed by atoms with E-state index >= 15 is 0 Å². The zero-order valence-electron chi connectivity index (χ0n) is 17.0. The summed E-state index contributed by atoms with van der Waals surface area (Å²) in [6.07, 6.45) is -3.58. The summed E-state index contributed by atoms with van der Waals surface area (Å²) in [5, 5.41) is 9.86. The molecule has 3 aromatic rings. The Morgan fingerprint density at radius 2 is 1.52 bits per heavy atom. The van der Waals surface area contributed by atoms with Gasteiger partial charge in [0.2, 0.25) is 0 Å². The van der Waals surface area contributed by atoms with E-state index < -0.39 is 22.2 Å². The maximum absolute atomic E-state index is 12.4. The molecule has 0 saturated heterocycles. The molecule has 1 aromatic heterocycles. The van der Waals surface area contributed by atoms with Crippen molar-refractivity contribution in [1.29, 1.82) is 0 Å². The molecule has 0 aliphatic carbocycles. The van der Waals surface area contributed by atoms with Crippen LogP contribution in [0.15, 0.2) is 77.8 Å². The summed E-state index contributed by atoms with van der Waals surface area (Å²) >= 11 is 0. The third-order valence-electron chi connectivity index (χ3n) is 3.88. The van der Waals surface area contributed by atoms with Gasteiger partial charge in [0.25, 0.3) is 15.9 Å². The number of aryl methyl sites for hydroxylation is 1. The van der Waals surface area contributed by atoms with E-state index in [1.54, 1.807) is 42.5 Å². The number of hydrogen-bond donors (Lipinski definition) is 3. The fourth-order valence-corrected chi connectivity index (χ4v) is 3.25. The monoisotopic (exact) mass is 481 g/mol. The van der Waals surface area contributed by atoms with Gasteiger partial charge in [-0.3, -0.25) is 9.52 Å². The number of nitrogens with one attached hydrogen (secondary N) is 2. The predicted octanol–water partition coefficient (Wildman–Crippen LogP) is 4.08. The Morgan fingerprint density at radius 3 is 2.00 bits per heavy atom. The number of carboxylic acids is 1. The van der Waals surface area contributed by atoms with Crippen LogP contribution in [0.2, 0.25) is 0 Å². The van der Waals surface area contributed by atoms with Gasteiger partial charge in [-0.2, -0.15) is 13.2 Å². The highest BCUT2D eigenvalue weighted by Gasteiger charge is 2.38. The number of aromatic nitrogens is 1. The molecule has 1 amide bonds. The van der Waals surface area contributed by atoms with Gasteiger partial charge in [0.15, 0.2) is 0 Å². The van der Waals surface area contributed by atoms with Gasteiger partial charge in [-0.1, -0.05) is 23.8 Å². The molecule has 0 atom stereocenters. The van der Waals surface area contributed by atoms with Crippen LogP contribution in [0.25, 0.3) is 0 Å². The maximum Gasteiger partial charge on any atom is 0.490 e. The largest absolute Gasteiger partial charge is 0.490 e. The Kier molecular flexibility index (Phi) is 8.13. The summed E-state index contributed by atoms with van der Waals surface area (Å²) in [6.45, 7) is 1.94. The van der Waals surface area contributed by atoms with Crippen LogP contribution in [0, 0.1) is 6.92 Å². The van der Waals surface area contributed by atoms with E-state index in [1.807, 2.05) is 19.1 Å². The quantitative estimate of drug-likeness (QED) is 0.504. The van der Waals surface area contributed by atoms with Gasteiger partial charge in [-0.05, 0) is 55.5 Å². The number of amides is 1.